The van der Waals surface area contributed by atoms with Gasteiger partial charge in [0.25, 0.3) is 5.91 Å². The Hall–Kier alpha value is -1.99. The molecule has 0 radical (unpaired) electrons. The van der Waals surface area contributed by atoms with Gasteiger partial charge in [-0.05, 0) is 36.6 Å². The third-order valence-electron chi connectivity index (χ3n) is 3.42. The number of carbonyl (C=O) groups excluding carboxylic acids is 1. The molecule has 2 N–H and O–H groups in total. The second-order valence-electron chi connectivity index (χ2n) is 4.74. The molecule has 1 unspecified atom stereocenters. The number of ether oxygens (including phenoxy) is 1. The molecular weight excluding hydrogens is 252 g/mol. The summed E-state index contributed by atoms with van der Waals surface area (Å²) in [6.45, 7) is 3.29. The number of benzene rings is 1. The number of amides is 1. The lowest BCUT2D eigenvalue weighted by Gasteiger charge is -2.14. The van der Waals surface area contributed by atoms with Crippen molar-refractivity contribution in [3.05, 3.63) is 29.3 Å². The van der Waals surface area contributed by atoms with Crippen molar-refractivity contribution in [3.8, 4) is 18.1 Å². The quantitative estimate of drug-likeness (QED) is 0.770. The van der Waals surface area contributed by atoms with Crippen LogP contribution >= 0.6 is 0 Å². The molecular formula is C16H20N2O2. The van der Waals surface area contributed by atoms with E-state index in [1.807, 2.05) is 12.1 Å². The SMILES string of the molecule is C#CCNC(=O)COc1cccc2c1CCC2NCC. The van der Waals surface area contributed by atoms with Gasteiger partial charge in [-0.1, -0.05) is 25.0 Å². The summed E-state index contributed by atoms with van der Waals surface area (Å²) >= 11 is 0. The van der Waals surface area contributed by atoms with Gasteiger partial charge in [-0.2, -0.15) is 0 Å². The van der Waals surface area contributed by atoms with Crippen molar-refractivity contribution in [2.45, 2.75) is 25.8 Å². The Bertz CT molecular complexity index is 520. The molecule has 0 saturated heterocycles. The van der Waals surface area contributed by atoms with E-state index in [1.165, 1.54) is 11.1 Å². The minimum Gasteiger partial charge on any atom is -0.483 e. The molecule has 1 aliphatic rings. The normalized spacial score (nSPS) is 16.3. The van der Waals surface area contributed by atoms with Gasteiger partial charge in [0, 0.05) is 6.04 Å². The zero-order valence-electron chi connectivity index (χ0n) is 11.7. The Labute approximate surface area is 119 Å². The molecule has 4 nitrogen and oxygen atoms in total. The molecule has 1 atom stereocenters. The zero-order chi connectivity index (χ0) is 14.4. The molecule has 106 valence electrons. The highest BCUT2D eigenvalue weighted by Crippen LogP contribution is 2.36. The maximum absolute atomic E-state index is 11.5. The summed E-state index contributed by atoms with van der Waals surface area (Å²) < 4.78 is 5.63. The molecule has 2 rings (SSSR count). The van der Waals surface area contributed by atoms with Gasteiger partial charge in [-0.25, -0.2) is 0 Å². The van der Waals surface area contributed by atoms with Crippen molar-refractivity contribution >= 4 is 5.91 Å². The van der Waals surface area contributed by atoms with Crippen molar-refractivity contribution in [2.75, 3.05) is 19.7 Å². The highest BCUT2D eigenvalue weighted by atomic mass is 16.5. The number of carbonyl (C=O) groups is 1. The highest BCUT2D eigenvalue weighted by molar-refractivity contribution is 5.77. The Morgan fingerprint density at radius 2 is 2.40 bits per heavy atom. The number of rotatable bonds is 6. The molecule has 1 aromatic rings. The topological polar surface area (TPSA) is 50.4 Å². The number of terminal acetylenes is 1. The van der Waals surface area contributed by atoms with Crippen molar-refractivity contribution in [1.82, 2.24) is 10.6 Å². The van der Waals surface area contributed by atoms with Crippen LogP contribution in [0.15, 0.2) is 18.2 Å². The predicted octanol–water partition coefficient (Wildman–Crippen LogP) is 1.41. The third kappa shape index (κ3) is 3.31. The van der Waals surface area contributed by atoms with Gasteiger partial charge in [0.05, 0.1) is 6.54 Å². The largest absolute Gasteiger partial charge is 0.483 e. The minimum absolute atomic E-state index is 0.00397. The molecule has 4 heteroatoms. The van der Waals surface area contributed by atoms with E-state index in [0.717, 1.165) is 25.1 Å². The second kappa shape index (κ2) is 6.97. The molecule has 1 amide bonds. The maximum atomic E-state index is 11.5. The first kappa shape index (κ1) is 14.4. The fraction of sp³-hybridized carbons (Fsp3) is 0.438. The molecule has 20 heavy (non-hydrogen) atoms. The standard InChI is InChI=1S/C16H20N2O2/c1-3-10-18-16(19)11-20-15-7-5-6-12-13(15)8-9-14(12)17-4-2/h1,5-7,14,17H,4,8-11H2,2H3,(H,18,19). The summed E-state index contributed by atoms with van der Waals surface area (Å²) in [7, 11) is 0. The Morgan fingerprint density at radius 1 is 1.55 bits per heavy atom. The van der Waals surface area contributed by atoms with Gasteiger partial charge in [0.15, 0.2) is 6.61 Å². The third-order valence-corrected chi connectivity index (χ3v) is 3.42. The van der Waals surface area contributed by atoms with Crippen LogP contribution < -0.4 is 15.4 Å². The summed E-state index contributed by atoms with van der Waals surface area (Å²) in [6.07, 6.45) is 7.15. The van der Waals surface area contributed by atoms with Gasteiger partial charge in [0.2, 0.25) is 0 Å². The van der Waals surface area contributed by atoms with Crippen LogP contribution in [0.5, 0.6) is 5.75 Å². The van der Waals surface area contributed by atoms with Crippen LogP contribution in [0.3, 0.4) is 0 Å². The molecule has 0 aliphatic heterocycles. The first-order valence-electron chi connectivity index (χ1n) is 6.94. The highest BCUT2D eigenvalue weighted by Gasteiger charge is 2.24. The lowest BCUT2D eigenvalue weighted by molar-refractivity contribution is -0.122. The number of hydrogen-bond acceptors (Lipinski definition) is 3. The molecule has 0 saturated carbocycles. The van der Waals surface area contributed by atoms with Crippen molar-refractivity contribution < 1.29 is 9.53 Å². The number of hydrogen-bond donors (Lipinski definition) is 2. The van der Waals surface area contributed by atoms with Gasteiger partial charge < -0.3 is 15.4 Å². The van der Waals surface area contributed by atoms with E-state index in [-0.39, 0.29) is 19.1 Å². The second-order valence-corrected chi connectivity index (χ2v) is 4.74. The molecule has 0 fully saturated rings. The van der Waals surface area contributed by atoms with Crippen molar-refractivity contribution in [1.29, 1.82) is 0 Å². The molecule has 0 spiro atoms. The monoisotopic (exact) mass is 272 g/mol. The van der Waals surface area contributed by atoms with Crippen molar-refractivity contribution in [2.24, 2.45) is 0 Å². The van der Waals surface area contributed by atoms with Crippen LogP contribution in [0.4, 0.5) is 0 Å². The molecule has 0 aromatic heterocycles. The summed E-state index contributed by atoms with van der Waals surface area (Å²) in [5.74, 6) is 2.97. The van der Waals surface area contributed by atoms with Gasteiger partial charge >= 0.3 is 0 Å². The Kier molecular flexibility index (Phi) is 5.03. The fourth-order valence-electron chi connectivity index (χ4n) is 2.56. The van der Waals surface area contributed by atoms with Gasteiger partial charge in [-0.15, -0.1) is 6.42 Å². The fourth-order valence-corrected chi connectivity index (χ4v) is 2.56. The molecule has 0 bridgehead atoms. The lowest BCUT2D eigenvalue weighted by Crippen LogP contribution is -2.29. The summed E-state index contributed by atoms with van der Waals surface area (Å²) in [6, 6.07) is 6.42. The van der Waals surface area contributed by atoms with E-state index in [1.54, 1.807) is 0 Å². The van der Waals surface area contributed by atoms with E-state index in [4.69, 9.17) is 11.2 Å². The number of fused-ring (bicyclic) bond motifs is 1. The van der Waals surface area contributed by atoms with Crippen LogP contribution in [-0.2, 0) is 11.2 Å². The van der Waals surface area contributed by atoms with Gasteiger partial charge in [-0.3, -0.25) is 4.79 Å². The Balaban J connectivity index is 2.00. The van der Waals surface area contributed by atoms with Crippen LogP contribution in [0, 0.1) is 12.3 Å². The molecule has 1 aliphatic carbocycles. The lowest BCUT2D eigenvalue weighted by atomic mass is 10.1. The van der Waals surface area contributed by atoms with E-state index >= 15 is 0 Å². The maximum Gasteiger partial charge on any atom is 0.258 e. The zero-order valence-corrected chi connectivity index (χ0v) is 11.7. The summed E-state index contributed by atoms with van der Waals surface area (Å²) in [4.78, 5) is 11.5. The summed E-state index contributed by atoms with van der Waals surface area (Å²) in [5.41, 5.74) is 2.50. The smallest absolute Gasteiger partial charge is 0.258 e. The van der Waals surface area contributed by atoms with E-state index in [9.17, 15) is 4.79 Å². The summed E-state index contributed by atoms with van der Waals surface area (Å²) in [5, 5.41) is 6.05. The molecule has 0 heterocycles. The molecule has 1 aromatic carbocycles. The van der Waals surface area contributed by atoms with E-state index < -0.39 is 0 Å². The minimum atomic E-state index is -0.193. The van der Waals surface area contributed by atoms with E-state index in [0.29, 0.717) is 6.04 Å². The first-order valence-corrected chi connectivity index (χ1v) is 6.94. The van der Waals surface area contributed by atoms with Gasteiger partial charge in [0.1, 0.15) is 5.75 Å². The van der Waals surface area contributed by atoms with Crippen molar-refractivity contribution in [3.63, 3.8) is 0 Å². The first-order chi connectivity index (χ1) is 9.76. The Morgan fingerprint density at radius 3 is 3.15 bits per heavy atom. The van der Waals surface area contributed by atoms with E-state index in [2.05, 4.69) is 29.5 Å². The average Bonchev–Trinajstić information content (AvgIpc) is 2.87. The van der Waals surface area contributed by atoms with Crippen LogP contribution in [0.1, 0.15) is 30.5 Å². The average molecular weight is 272 g/mol. The van der Waals surface area contributed by atoms with Crippen LogP contribution in [-0.4, -0.2) is 25.6 Å². The van der Waals surface area contributed by atoms with Crippen LogP contribution in [0.25, 0.3) is 0 Å². The predicted molar refractivity (Wildman–Crippen MR) is 78.5 cm³/mol. The van der Waals surface area contributed by atoms with Crippen LogP contribution in [0.2, 0.25) is 0 Å². The number of nitrogens with one attached hydrogen (secondary N) is 2.